The fourth-order valence-corrected chi connectivity index (χ4v) is 11.8. The normalized spacial score (nSPS) is 24.9. The lowest BCUT2D eigenvalue weighted by Crippen LogP contribution is -2.37. The fraction of sp³-hybridized carbons (Fsp3) is 0.333. The van der Waals surface area contributed by atoms with Crippen LogP contribution in [0.4, 0.5) is 34.6 Å². The van der Waals surface area contributed by atoms with Crippen LogP contribution in [0.3, 0.4) is 0 Å². The number of nitrogen functional groups attached to an aromatic ring is 1. The van der Waals surface area contributed by atoms with Crippen LogP contribution in [0.25, 0.3) is 31.5 Å². The summed E-state index contributed by atoms with van der Waals surface area (Å²) in [6.45, 7) is 20.7. The van der Waals surface area contributed by atoms with Gasteiger partial charge in [-0.25, -0.2) is 32.2 Å². The number of hydrogen-bond donors (Lipinski definition) is 6. The first-order valence-corrected chi connectivity index (χ1v) is 23.3. The van der Waals surface area contributed by atoms with E-state index in [9.17, 15) is 23.4 Å². The topological polar surface area (TPSA) is 224 Å². The number of anilines is 1. The van der Waals surface area contributed by atoms with E-state index < -0.39 is 43.8 Å². The molecule has 2 aromatic carbocycles. The molecule has 10 rings (SSSR count). The Kier molecular flexibility index (Phi) is 14.5. The van der Waals surface area contributed by atoms with Crippen LogP contribution in [0.1, 0.15) is 62.9 Å². The lowest BCUT2D eigenvalue weighted by Gasteiger charge is -2.34. The van der Waals surface area contributed by atoms with Crippen molar-refractivity contribution in [1.82, 2.24) is 19.9 Å². The zero-order valence-corrected chi connectivity index (χ0v) is 39.9. The molecule has 21 heteroatoms. The Morgan fingerprint density at radius 1 is 0.725 bits per heavy atom. The Bertz CT molecular complexity index is 3140. The van der Waals surface area contributed by atoms with Gasteiger partial charge in [0, 0.05) is 66.0 Å². The van der Waals surface area contributed by atoms with Gasteiger partial charge in [0.05, 0.1) is 58.1 Å². The molecule has 0 radical (unpaired) electrons. The van der Waals surface area contributed by atoms with Crippen molar-refractivity contribution < 1.29 is 32.9 Å². The number of fused-ring (bicyclic) bond motifs is 4. The number of benzene rings is 2. The summed E-state index contributed by atoms with van der Waals surface area (Å²) < 4.78 is 56.5. The number of rotatable bonds is 6. The third kappa shape index (κ3) is 10.1. The van der Waals surface area contributed by atoms with Gasteiger partial charge in [0.25, 0.3) is 0 Å². The predicted molar refractivity (Wildman–Crippen MR) is 263 cm³/mol. The predicted octanol–water partition coefficient (Wildman–Crippen LogP) is 8.87. The largest absolute Gasteiger partial charge is 0.399 e. The molecule has 0 spiro atoms. The van der Waals surface area contributed by atoms with Crippen LogP contribution in [0, 0.1) is 48.2 Å². The monoisotopic (exact) mass is 999 g/mol. The van der Waals surface area contributed by atoms with Gasteiger partial charge in [-0.2, -0.15) is 0 Å². The average molecular weight is 1000 g/mol. The van der Waals surface area contributed by atoms with E-state index in [0.29, 0.717) is 51.7 Å². The standard InChI is InChI=1S/C23H19F2N5OS.C13H15F2N3OS.C9H4ClN3.C3H8O/c1-22(18-9-23(18,11-31)32-21(26)30-22)15-5-12(6-16(24)19(15)25)7-17-20-13(3-4-28-17)8-14(27-2)10-29-20;1-12(7-2-6(16)3-8(14)10(7)15)9-4-13(9,5-19)20-11(17)18-12;1-11-7-4-6-2-3-12-9(10)8(6)13-5-7;1-3(2)4/h3-6,8,10,18,31H,7,9,11H2,1H3,(H2,26,30);2-3,9,19H,4-5,16H2,1H3,(H2,17,18);2-5H;3-4H,1-2H3/t18-,22+,23+;9-,12+,13+;;/m00../s1. The van der Waals surface area contributed by atoms with E-state index >= 15 is 4.39 Å². The molecule has 2 fully saturated rings. The van der Waals surface area contributed by atoms with Crippen molar-refractivity contribution in [2.75, 3.05) is 18.9 Å². The third-order valence-corrected chi connectivity index (χ3v) is 15.2. The first kappa shape index (κ1) is 50.7. The molecule has 0 amide bonds. The van der Waals surface area contributed by atoms with Crippen molar-refractivity contribution >= 4 is 84.3 Å². The van der Waals surface area contributed by atoms with Crippen LogP contribution >= 0.6 is 35.1 Å². The first-order valence-electron chi connectivity index (χ1n) is 21.3. The second-order valence-corrected chi connectivity index (χ2v) is 20.8. The molecule has 14 nitrogen and oxygen atoms in total. The van der Waals surface area contributed by atoms with E-state index in [0.717, 1.165) is 22.9 Å². The Morgan fingerprint density at radius 3 is 1.70 bits per heavy atom. The second kappa shape index (κ2) is 19.7. The molecule has 6 aromatic rings. The molecule has 4 aliphatic rings. The van der Waals surface area contributed by atoms with Crippen LogP contribution in [0.2, 0.25) is 5.15 Å². The quantitative estimate of drug-likeness (QED) is 0.0399. The van der Waals surface area contributed by atoms with Crippen molar-refractivity contribution in [1.29, 1.82) is 0 Å². The van der Waals surface area contributed by atoms with Crippen molar-refractivity contribution in [2.45, 2.75) is 73.6 Å². The molecule has 69 heavy (non-hydrogen) atoms. The number of aliphatic imine (C=N–C) groups is 2. The maximum absolute atomic E-state index is 15.0. The molecule has 9 N–H and O–H groups in total. The van der Waals surface area contributed by atoms with Gasteiger partial charge in [-0.05, 0) is 105 Å². The van der Waals surface area contributed by atoms with E-state index in [1.54, 1.807) is 70.4 Å². The number of hydrogen-bond acceptors (Lipinski definition) is 14. The smallest absolute Gasteiger partial charge is 0.205 e. The summed E-state index contributed by atoms with van der Waals surface area (Å²) in [6.07, 6.45) is 7.51. The molecule has 0 bridgehead atoms. The number of amidine groups is 2. The van der Waals surface area contributed by atoms with Crippen molar-refractivity contribution in [3.63, 3.8) is 0 Å². The summed E-state index contributed by atoms with van der Waals surface area (Å²) >= 11 is 8.41. The van der Waals surface area contributed by atoms with E-state index in [1.807, 2.05) is 0 Å². The zero-order chi connectivity index (χ0) is 50.2. The number of aliphatic hydroxyl groups is 3. The van der Waals surface area contributed by atoms with Crippen LogP contribution in [-0.2, 0) is 17.5 Å². The van der Waals surface area contributed by atoms with Crippen molar-refractivity contribution in [2.24, 2.45) is 33.3 Å². The molecule has 358 valence electrons. The Hall–Kier alpha value is -6.13. The minimum Gasteiger partial charge on any atom is -0.399 e. The highest BCUT2D eigenvalue weighted by Crippen LogP contribution is 2.67. The first-order chi connectivity index (χ1) is 32.7. The number of halogens is 5. The lowest BCUT2D eigenvalue weighted by atomic mass is 9.84. The fourth-order valence-electron chi connectivity index (χ4n) is 8.87. The highest BCUT2D eigenvalue weighted by Gasteiger charge is 2.67. The Labute approximate surface area is 408 Å². The number of nitrogens with zero attached hydrogens (tertiary/aromatic N) is 8. The molecule has 4 aromatic heterocycles. The van der Waals surface area contributed by atoms with Gasteiger partial charge >= 0.3 is 0 Å². The van der Waals surface area contributed by atoms with Crippen LogP contribution in [0.15, 0.2) is 83.3 Å². The maximum Gasteiger partial charge on any atom is 0.205 e. The molecule has 0 saturated heterocycles. The van der Waals surface area contributed by atoms with Crippen LogP contribution < -0.4 is 17.2 Å². The average Bonchev–Trinajstić information content (AvgIpc) is 4.24. The number of aromatic nitrogens is 4. The molecule has 6 heterocycles. The van der Waals surface area contributed by atoms with E-state index in [1.165, 1.54) is 42.0 Å². The summed E-state index contributed by atoms with van der Waals surface area (Å²) in [5.41, 5.74) is 19.0. The number of nitrogens with two attached hydrogens (primary N) is 3. The van der Waals surface area contributed by atoms with Crippen LogP contribution in [0.5, 0.6) is 0 Å². The second-order valence-electron chi connectivity index (χ2n) is 17.5. The minimum absolute atomic E-state index is 0.0689. The van der Waals surface area contributed by atoms with Gasteiger partial charge in [-0.3, -0.25) is 24.9 Å². The third-order valence-electron chi connectivity index (χ3n) is 12.3. The summed E-state index contributed by atoms with van der Waals surface area (Å²) in [5, 5.41) is 30.0. The number of thioether (sulfide) groups is 2. The molecule has 0 unspecified atom stereocenters. The van der Waals surface area contributed by atoms with Crippen LogP contribution in [-0.4, -0.2) is 74.4 Å². The van der Waals surface area contributed by atoms with Gasteiger partial charge < -0.3 is 32.5 Å². The Morgan fingerprint density at radius 2 is 1.19 bits per heavy atom. The Balaban J connectivity index is 0.000000161. The number of aliphatic hydroxyl groups excluding tert-OH is 3. The summed E-state index contributed by atoms with van der Waals surface area (Å²) in [6, 6.07) is 12.1. The molecule has 2 aliphatic heterocycles. The zero-order valence-electron chi connectivity index (χ0n) is 37.6. The summed E-state index contributed by atoms with van der Waals surface area (Å²) in [4.78, 5) is 32.2. The highest BCUT2D eigenvalue weighted by atomic mass is 35.5. The van der Waals surface area contributed by atoms with E-state index in [-0.39, 0.29) is 64.7 Å². The van der Waals surface area contributed by atoms with Gasteiger partial charge in [0.15, 0.2) is 38.8 Å². The SMILES string of the molecule is CC(C)O.C[C@]1(c2cc(N)cc(F)c2F)N=C(N)S[C@@]2(CO)C[C@H]21.[C-]#[N+]c1cnc2c(Cc3cc(F)c(F)c([C@@]4(C)N=C(N)S[C@@]5(CO)C[C@H]54)c3)nccc2c1.[C-]#[N+]c1cnc2c(Cl)nccc2c1. The lowest BCUT2D eigenvalue weighted by molar-refractivity contribution is 0.216. The molecular formula is C48H46ClF4N11O3S2. The van der Waals surface area contributed by atoms with Crippen molar-refractivity contribution in [3.8, 4) is 0 Å². The molecular weight excluding hydrogens is 954 g/mol. The van der Waals surface area contributed by atoms with Crippen molar-refractivity contribution in [3.05, 3.63) is 147 Å². The summed E-state index contributed by atoms with van der Waals surface area (Å²) in [7, 11) is 0. The molecule has 2 aliphatic carbocycles. The summed E-state index contributed by atoms with van der Waals surface area (Å²) in [5.74, 6) is -4.11. The van der Waals surface area contributed by atoms with E-state index in [2.05, 4.69) is 39.6 Å². The number of pyridine rings is 4. The highest BCUT2D eigenvalue weighted by molar-refractivity contribution is 8.15. The van der Waals surface area contributed by atoms with Gasteiger partial charge in [0.2, 0.25) is 11.4 Å². The van der Waals surface area contributed by atoms with Gasteiger partial charge in [-0.15, -0.1) is 0 Å². The van der Waals surface area contributed by atoms with Gasteiger partial charge in [0.1, 0.15) is 5.52 Å². The van der Waals surface area contributed by atoms with E-state index in [4.69, 9.17) is 47.1 Å². The minimum atomic E-state index is -1.08. The maximum atomic E-state index is 15.0. The molecule has 6 atom stereocenters. The van der Waals surface area contributed by atoms with Gasteiger partial charge in [-0.1, -0.05) is 35.1 Å². The molecule has 2 saturated carbocycles.